The third-order valence-corrected chi connectivity index (χ3v) is 3.06. The molecule has 1 aromatic heterocycles. The highest BCUT2D eigenvalue weighted by Gasteiger charge is 2.26. The third kappa shape index (κ3) is 4.45. The molecule has 1 aliphatic rings. The van der Waals surface area contributed by atoms with Gasteiger partial charge in [-0.15, -0.1) is 0 Å². The summed E-state index contributed by atoms with van der Waals surface area (Å²) < 4.78 is 20.1. The monoisotopic (exact) mass is 298 g/mol. The molecule has 1 unspecified atom stereocenters. The summed E-state index contributed by atoms with van der Waals surface area (Å²) >= 11 is 0. The zero-order chi connectivity index (χ0) is 15.2. The molecular formula is C13H18N2O6. The van der Waals surface area contributed by atoms with Gasteiger partial charge in [-0.25, -0.2) is 0 Å². The molecule has 116 valence electrons. The van der Waals surface area contributed by atoms with Gasteiger partial charge in [-0.3, -0.25) is 9.59 Å². The number of hydrogen-bond donors (Lipinski definition) is 0. The summed E-state index contributed by atoms with van der Waals surface area (Å²) in [5, 5.41) is 3.64. The number of hydrogen-bond acceptors (Lipinski definition) is 7. The molecule has 2 rings (SSSR count). The van der Waals surface area contributed by atoms with Crippen LogP contribution in [0, 0.1) is 6.92 Å². The van der Waals surface area contributed by atoms with E-state index < -0.39 is 0 Å². The number of rotatable bonds is 5. The Hall–Kier alpha value is -2.09. The van der Waals surface area contributed by atoms with Crippen LogP contribution in [-0.4, -0.2) is 61.5 Å². The minimum Gasteiger partial charge on any atom is -0.469 e. The fourth-order valence-corrected chi connectivity index (χ4v) is 1.98. The van der Waals surface area contributed by atoms with Crippen molar-refractivity contribution in [2.75, 3.05) is 33.4 Å². The molecule has 0 radical (unpaired) electrons. The van der Waals surface area contributed by atoms with E-state index in [1.54, 1.807) is 17.9 Å². The van der Waals surface area contributed by atoms with Crippen molar-refractivity contribution in [3.8, 4) is 5.88 Å². The van der Waals surface area contributed by atoms with E-state index in [2.05, 4.69) is 9.89 Å². The molecule has 1 amide bonds. The number of ether oxygens (including phenoxy) is 3. The van der Waals surface area contributed by atoms with Crippen LogP contribution in [0.3, 0.4) is 0 Å². The molecule has 1 aromatic rings. The van der Waals surface area contributed by atoms with Gasteiger partial charge in [-0.1, -0.05) is 0 Å². The second kappa shape index (κ2) is 7.07. The fourth-order valence-electron chi connectivity index (χ4n) is 1.98. The van der Waals surface area contributed by atoms with Crippen molar-refractivity contribution in [3.63, 3.8) is 0 Å². The van der Waals surface area contributed by atoms with E-state index in [0.717, 1.165) is 0 Å². The Morgan fingerprint density at radius 2 is 2.33 bits per heavy atom. The molecule has 1 aliphatic heterocycles. The highest BCUT2D eigenvalue weighted by Crippen LogP contribution is 2.12. The maximum Gasteiger partial charge on any atom is 0.308 e. The van der Waals surface area contributed by atoms with Crippen LogP contribution in [0.25, 0.3) is 0 Å². The van der Waals surface area contributed by atoms with Crippen molar-refractivity contribution < 1.29 is 28.3 Å². The molecule has 21 heavy (non-hydrogen) atoms. The van der Waals surface area contributed by atoms with Crippen LogP contribution >= 0.6 is 0 Å². The van der Waals surface area contributed by atoms with Crippen molar-refractivity contribution in [2.24, 2.45) is 0 Å². The van der Waals surface area contributed by atoms with Crippen LogP contribution in [0.15, 0.2) is 10.6 Å². The summed E-state index contributed by atoms with van der Waals surface area (Å²) in [7, 11) is 1.32. The number of aryl methyl sites for hydroxylation is 1. The predicted octanol–water partition coefficient (Wildman–Crippen LogP) is 0.152. The average Bonchev–Trinajstić information content (AvgIpc) is 2.90. The van der Waals surface area contributed by atoms with Crippen molar-refractivity contribution in [1.82, 2.24) is 10.1 Å². The van der Waals surface area contributed by atoms with E-state index in [-0.39, 0.29) is 36.9 Å². The van der Waals surface area contributed by atoms with E-state index in [9.17, 15) is 9.59 Å². The van der Waals surface area contributed by atoms with Gasteiger partial charge in [0.05, 0.1) is 26.2 Å². The minimum absolute atomic E-state index is 0.128. The molecular weight excluding hydrogens is 280 g/mol. The molecule has 8 nitrogen and oxygen atoms in total. The minimum atomic E-state index is -0.358. The van der Waals surface area contributed by atoms with E-state index >= 15 is 0 Å². The van der Waals surface area contributed by atoms with Crippen LogP contribution in [0.5, 0.6) is 5.88 Å². The lowest BCUT2D eigenvalue weighted by Gasteiger charge is -2.32. The molecule has 1 saturated heterocycles. The molecule has 2 heterocycles. The normalized spacial score (nSPS) is 18.4. The number of nitrogens with zero attached hydrogens (tertiary/aromatic N) is 2. The topological polar surface area (TPSA) is 91.1 Å². The van der Waals surface area contributed by atoms with Crippen molar-refractivity contribution in [1.29, 1.82) is 0 Å². The Bertz CT molecular complexity index is 501. The summed E-state index contributed by atoms with van der Waals surface area (Å²) in [5.74, 6) is 0.347. The number of morpholine rings is 1. The molecule has 0 spiro atoms. The summed E-state index contributed by atoms with van der Waals surface area (Å²) in [6.45, 7) is 2.81. The lowest BCUT2D eigenvalue weighted by atomic mass is 10.2. The lowest BCUT2D eigenvalue weighted by molar-refractivity contribution is -0.150. The number of amides is 1. The van der Waals surface area contributed by atoms with Crippen LogP contribution in [0.2, 0.25) is 0 Å². The van der Waals surface area contributed by atoms with Crippen molar-refractivity contribution >= 4 is 11.9 Å². The van der Waals surface area contributed by atoms with Crippen LogP contribution < -0.4 is 4.74 Å². The Kier molecular flexibility index (Phi) is 5.15. The predicted molar refractivity (Wildman–Crippen MR) is 69.7 cm³/mol. The molecule has 0 bridgehead atoms. The number of carbonyl (C=O) groups excluding carboxylic acids is 2. The van der Waals surface area contributed by atoms with Gasteiger partial charge in [-0.05, 0) is 12.1 Å². The molecule has 0 saturated carbocycles. The number of esters is 1. The maximum atomic E-state index is 12.0. The van der Waals surface area contributed by atoms with Crippen LogP contribution in [0.1, 0.15) is 12.2 Å². The fraction of sp³-hybridized carbons (Fsp3) is 0.615. The highest BCUT2D eigenvalue weighted by atomic mass is 16.5. The first-order valence-electron chi connectivity index (χ1n) is 6.61. The zero-order valence-corrected chi connectivity index (χ0v) is 12.0. The largest absolute Gasteiger partial charge is 0.469 e. The van der Waals surface area contributed by atoms with Gasteiger partial charge >= 0.3 is 5.97 Å². The maximum absolute atomic E-state index is 12.0. The summed E-state index contributed by atoms with van der Waals surface area (Å²) in [4.78, 5) is 24.9. The van der Waals surface area contributed by atoms with Crippen LogP contribution in [0.4, 0.5) is 0 Å². The van der Waals surface area contributed by atoms with E-state index in [0.29, 0.717) is 25.5 Å². The third-order valence-electron chi connectivity index (χ3n) is 3.06. The molecule has 1 atom stereocenters. The molecule has 0 aromatic carbocycles. The first kappa shape index (κ1) is 15.3. The SMILES string of the molecule is COC(=O)CC1CN(C(=O)COc2cc(C)on2)CCO1. The first-order valence-corrected chi connectivity index (χ1v) is 6.61. The molecule has 0 N–H and O–H groups in total. The Labute approximate surface area is 121 Å². The molecule has 0 aliphatic carbocycles. The van der Waals surface area contributed by atoms with Gasteiger partial charge in [0.2, 0.25) is 0 Å². The van der Waals surface area contributed by atoms with E-state index in [1.807, 2.05) is 0 Å². The van der Waals surface area contributed by atoms with E-state index in [4.69, 9.17) is 14.0 Å². The second-order valence-corrected chi connectivity index (χ2v) is 4.68. The van der Waals surface area contributed by atoms with Gasteiger partial charge in [0.1, 0.15) is 5.76 Å². The summed E-state index contributed by atoms with van der Waals surface area (Å²) in [5.41, 5.74) is 0. The smallest absolute Gasteiger partial charge is 0.308 e. The highest BCUT2D eigenvalue weighted by molar-refractivity contribution is 5.78. The van der Waals surface area contributed by atoms with Crippen LogP contribution in [-0.2, 0) is 19.1 Å². The Morgan fingerprint density at radius 1 is 1.52 bits per heavy atom. The van der Waals surface area contributed by atoms with Gasteiger partial charge in [0.15, 0.2) is 6.61 Å². The number of aromatic nitrogens is 1. The number of carbonyl (C=O) groups is 2. The average molecular weight is 298 g/mol. The van der Waals surface area contributed by atoms with Crippen molar-refractivity contribution in [2.45, 2.75) is 19.4 Å². The molecule has 1 fully saturated rings. The van der Waals surface area contributed by atoms with Crippen molar-refractivity contribution in [3.05, 3.63) is 11.8 Å². The number of methoxy groups -OCH3 is 1. The second-order valence-electron chi connectivity index (χ2n) is 4.68. The van der Waals surface area contributed by atoms with Gasteiger partial charge in [0, 0.05) is 19.2 Å². The van der Waals surface area contributed by atoms with Gasteiger partial charge in [-0.2, -0.15) is 0 Å². The quantitative estimate of drug-likeness (QED) is 0.715. The summed E-state index contributed by atoms with van der Waals surface area (Å²) in [6, 6.07) is 1.60. The standard InChI is InChI=1S/C13H18N2O6/c1-9-5-11(14-21-9)20-8-12(16)15-3-4-19-10(7-15)6-13(17)18-2/h5,10H,3-4,6-8H2,1-2H3. The molecule has 8 heteroatoms. The zero-order valence-electron chi connectivity index (χ0n) is 12.0. The summed E-state index contributed by atoms with van der Waals surface area (Å²) in [6.07, 6.45) is -0.215. The first-order chi connectivity index (χ1) is 10.1. The Morgan fingerprint density at radius 3 is 3.00 bits per heavy atom. The van der Waals surface area contributed by atoms with Gasteiger partial charge in [0.25, 0.3) is 11.8 Å². The Balaban J connectivity index is 1.80. The van der Waals surface area contributed by atoms with Gasteiger partial charge < -0.3 is 23.6 Å². The van der Waals surface area contributed by atoms with E-state index in [1.165, 1.54) is 7.11 Å². The lowest BCUT2D eigenvalue weighted by Crippen LogP contribution is -2.47.